The van der Waals surface area contributed by atoms with Crippen molar-refractivity contribution in [1.29, 1.82) is 5.26 Å². The van der Waals surface area contributed by atoms with Crippen LogP contribution in [0.5, 0.6) is 0 Å². The van der Waals surface area contributed by atoms with Crippen molar-refractivity contribution < 1.29 is 9.18 Å². The molecule has 2 heterocycles. The van der Waals surface area contributed by atoms with E-state index in [1.54, 1.807) is 17.9 Å². The predicted octanol–water partition coefficient (Wildman–Crippen LogP) is 1.65. The molecular formula is C19H19FN4O2. The Balaban J connectivity index is 1.66. The Morgan fingerprint density at radius 1 is 1.31 bits per heavy atom. The molecule has 26 heavy (non-hydrogen) atoms. The third-order valence-electron chi connectivity index (χ3n) is 4.65. The molecule has 1 aliphatic rings. The minimum absolute atomic E-state index is 0.0272. The lowest BCUT2D eigenvalue weighted by Gasteiger charge is -2.35. The number of aromatic amines is 1. The van der Waals surface area contributed by atoms with Gasteiger partial charge in [0.15, 0.2) is 0 Å². The van der Waals surface area contributed by atoms with Crippen molar-refractivity contribution in [2.45, 2.75) is 13.5 Å². The van der Waals surface area contributed by atoms with E-state index in [0.29, 0.717) is 43.9 Å². The molecule has 1 fully saturated rings. The van der Waals surface area contributed by atoms with Crippen LogP contribution in [0.25, 0.3) is 0 Å². The Morgan fingerprint density at radius 3 is 2.69 bits per heavy atom. The fourth-order valence-electron chi connectivity index (χ4n) is 3.15. The molecule has 0 radical (unpaired) electrons. The number of nitrogens with one attached hydrogen (secondary N) is 1. The molecule has 134 valence electrons. The number of amides is 1. The fraction of sp³-hybridized carbons (Fsp3) is 0.316. The standard InChI is InChI=1S/C19H19FN4O2/c1-13-16(10-21)18(25)22-11-17(13)19(26)24-7-5-23(6-8-24)12-14-3-2-4-15(20)9-14/h2-4,9,11H,5-8,12H2,1H3,(H,22,25). The van der Waals surface area contributed by atoms with Crippen molar-refractivity contribution in [3.8, 4) is 6.07 Å². The molecule has 0 unspecified atom stereocenters. The minimum Gasteiger partial charge on any atom is -0.336 e. The summed E-state index contributed by atoms with van der Waals surface area (Å²) < 4.78 is 13.3. The summed E-state index contributed by atoms with van der Waals surface area (Å²) in [4.78, 5) is 30.7. The van der Waals surface area contributed by atoms with Gasteiger partial charge in [0.1, 0.15) is 17.4 Å². The molecule has 6 nitrogen and oxygen atoms in total. The Labute approximate surface area is 150 Å². The van der Waals surface area contributed by atoms with Crippen molar-refractivity contribution in [2.24, 2.45) is 0 Å². The average Bonchev–Trinajstić information content (AvgIpc) is 2.62. The Kier molecular flexibility index (Phi) is 5.14. The second kappa shape index (κ2) is 7.50. The number of pyridine rings is 1. The normalized spacial score (nSPS) is 14.9. The first kappa shape index (κ1) is 17.8. The number of hydrogen-bond donors (Lipinski definition) is 1. The summed E-state index contributed by atoms with van der Waals surface area (Å²) in [5.41, 5.74) is 1.14. The van der Waals surface area contributed by atoms with Gasteiger partial charge >= 0.3 is 0 Å². The zero-order valence-corrected chi connectivity index (χ0v) is 14.5. The maximum atomic E-state index is 13.3. The van der Waals surface area contributed by atoms with Gasteiger partial charge in [-0.2, -0.15) is 5.26 Å². The van der Waals surface area contributed by atoms with Gasteiger partial charge in [0.25, 0.3) is 11.5 Å². The van der Waals surface area contributed by atoms with Crippen molar-refractivity contribution in [3.05, 3.63) is 68.9 Å². The first-order valence-corrected chi connectivity index (χ1v) is 8.38. The lowest BCUT2D eigenvalue weighted by Crippen LogP contribution is -2.48. The zero-order valence-electron chi connectivity index (χ0n) is 14.5. The van der Waals surface area contributed by atoms with Crippen LogP contribution in [0.3, 0.4) is 0 Å². The fourth-order valence-corrected chi connectivity index (χ4v) is 3.15. The van der Waals surface area contributed by atoms with Crippen molar-refractivity contribution in [3.63, 3.8) is 0 Å². The Morgan fingerprint density at radius 2 is 2.04 bits per heavy atom. The summed E-state index contributed by atoms with van der Waals surface area (Å²) >= 11 is 0. The van der Waals surface area contributed by atoms with E-state index in [-0.39, 0.29) is 17.3 Å². The molecule has 1 amide bonds. The topological polar surface area (TPSA) is 80.2 Å². The molecule has 1 aromatic carbocycles. The smallest absolute Gasteiger partial charge is 0.266 e. The van der Waals surface area contributed by atoms with Gasteiger partial charge < -0.3 is 9.88 Å². The summed E-state index contributed by atoms with van der Waals surface area (Å²) in [6.07, 6.45) is 1.37. The average molecular weight is 354 g/mol. The summed E-state index contributed by atoms with van der Waals surface area (Å²) in [7, 11) is 0. The van der Waals surface area contributed by atoms with E-state index < -0.39 is 5.56 Å². The molecule has 0 aliphatic carbocycles. The number of carbonyl (C=O) groups excluding carboxylic acids is 1. The monoisotopic (exact) mass is 354 g/mol. The number of benzene rings is 1. The van der Waals surface area contributed by atoms with E-state index >= 15 is 0 Å². The van der Waals surface area contributed by atoms with Crippen LogP contribution in [0.1, 0.15) is 27.0 Å². The van der Waals surface area contributed by atoms with Crippen LogP contribution < -0.4 is 5.56 Å². The predicted molar refractivity (Wildman–Crippen MR) is 94.1 cm³/mol. The van der Waals surface area contributed by atoms with E-state index in [0.717, 1.165) is 5.56 Å². The van der Waals surface area contributed by atoms with Crippen LogP contribution in [-0.4, -0.2) is 46.9 Å². The van der Waals surface area contributed by atoms with Crippen LogP contribution in [0, 0.1) is 24.1 Å². The largest absolute Gasteiger partial charge is 0.336 e. The van der Waals surface area contributed by atoms with Crippen LogP contribution in [0.4, 0.5) is 4.39 Å². The molecule has 0 atom stereocenters. The molecule has 1 saturated heterocycles. The summed E-state index contributed by atoms with van der Waals surface area (Å²) in [6.45, 7) is 4.67. The van der Waals surface area contributed by atoms with E-state index in [1.165, 1.54) is 18.3 Å². The maximum Gasteiger partial charge on any atom is 0.266 e. The molecule has 7 heteroatoms. The van der Waals surface area contributed by atoms with Crippen molar-refractivity contribution in [2.75, 3.05) is 26.2 Å². The van der Waals surface area contributed by atoms with Crippen LogP contribution in [0.15, 0.2) is 35.3 Å². The second-order valence-electron chi connectivity index (χ2n) is 6.34. The van der Waals surface area contributed by atoms with E-state index in [1.807, 2.05) is 12.1 Å². The van der Waals surface area contributed by atoms with Gasteiger partial charge in [-0.3, -0.25) is 14.5 Å². The summed E-state index contributed by atoms with van der Waals surface area (Å²) in [6, 6.07) is 8.36. The van der Waals surface area contributed by atoms with Crippen LogP contribution in [-0.2, 0) is 6.54 Å². The summed E-state index contributed by atoms with van der Waals surface area (Å²) in [5.74, 6) is -0.446. The van der Waals surface area contributed by atoms with Gasteiger partial charge in [-0.05, 0) is 30.2 Å². The lowest BCUT2D eigenvalue weighted by atomic mass is 10.1. The highest BCUT2D eigenvalue weighted by molar-refractivity contribution is 5.95. The number of carbonyl (C=O) groups is 1. The zero-order chi connectivity index (χ0) is 18.7. The van der Waals surface area contributed by atoms with Gasteiger partial charge in [-0.15, -0.1) is 0 Å². The number of rotatable bonds is 3. The Hall–Kier alpha value is -2.98. The van der Waals surface area contributed by atoms with Gasteiger partial charge in [0.2, 0.25) is 0 Å². The highest BCUT2D eigenvalue weighted by Gasteiger charge is 2.24. The number of aromatic nitrogens is 1. The third-order valence-corrected chi connectivity index (χ3v) is 4.65. The number of hydrogen-bond acceptors (Lipinski definition) is 4. The van der Waals surface area contributed by atoms with Crippen LogP contribution in [0.2, 0.25) is 0 Å². The molecule has 0 bridgehead atoms. The number of nitriles is 1. The van der Waals surface area contributed by atoms with Gasteiger partial charge in [-0.25, -0.2) is 4.39 Å². The number of nitrogens with zero attached hydrogens (tertiary/aromatic N) is 3. The highest BCUT2D eigenvalue weighted by Crippen LogP contribution is 2.15. The summed E-state index contributed by atoms with van der Waals surface area (Å²) in [5, 5.41) is 9.08. The van der Waals surface area contributed by atoms with E-state index in [2.05, 4.69) is 9.88 Å². The number of halogens is 1. The van der Waals surface area contributed by atoms with Crippen molar-refractivity contribution in [1.82, 2.24) is 14.8 Å². The van der Waals surface area contributed by atoms with E-state index in [4.69, 9.17) is 5.26 Å². The first-order valence-electron chi connectivity index (χ1n) is 8.38. The van der Waals surface area contributed by atoms with Gasteiger partial charge in [0.05, 0.1) is 5.56 Å². The molecule has 0 saturated carbocycles. The number of piperazine rings is 1. The molecule has 1 aromatic heterocycles. The van der Waals surface area contributed by atoms with Crippen LogP contribution >= 0.6 is 0 Å². The molecule has 0 spiro atoms. The minimum atomic E-state index is -0.485. The number of H-pyrrole nitrogens is 1. The lowest BCUT2D eigenvalue weighted by molar-refractivity contribution is 0.0627. The first-order chi connectivity index (χ1) is 12.5. The van der Waals surface area contributed by atoms with E-state index in [9.17, 15) is 14.0 Å². The van der Waals surface area contributed by atoms with Crippen molar-refractivity contribution >= 4 is 5.91 Å². The van der Waals surface area contributed by atoms with Gasteiger partial charge in [0, 0.05) is 38.9 Å². The second-order valence-corrected chi connectivity index (χ2v) is 6.34. The Bertz CT molecular complexity index is 924. The molecule has 1 aliphatic heterocycles. The quantitative estimate of drug-likeness (QED) is 0.909. The molecule has 2 aromatic rings. The highest BCUT2D eigenvalue weighted by atomic mass is 19.1. The molecule has 1 N–H and O–H groups in total. The van der Waals surface area contributed by atoms with Gasteiger partial charge in [-0.1, -0.05) is 12.1 Å². The molecular weight excluding hydrogens is 335 g/mol. The third kappa shape index (κ3) is 3.65. The SMILES string of the molecule is Cc1c(C(=O)N2CCN(Cc3cccc(F)c3)CC2)c[nH]c(=O)c1C#N. The maximum absolute atomic E-state index is 13.3. The molecule has 3 rings (SSSR count).